The number of amides is 1. The van der Waals surface area contributed by atoms with Gasteiger partial charge in [-0.05, 0) is 31.2 Å². The SMILES string of the molecule is CCC1C2CNCC2CN1C(=O)c1coc(C)c1. The van der Waals surface area contributed by atoms with Gasteiger partial charge in [0, 0.05) is 25.7 Å². The highest BCUT2D eigenvalue weighted by Gasteiger charge is 2.45. The second kappa shape index (κ2) is 4.43. The summed E-state index contributed by atoms with van der Waals surface area (Å²) < 4.78 is 5.25. The van der Waals surface area contributed by atoms with Gasteiger partial charge in [-0.3, -0.25) is 4.79 Å². The molecule has 0 aliphatic carbocycles. The van der Waals surface area contributed by atoms with Gasteiger partial charge in [0.05, 0.1) is 5.56 Å². The second-order valence-corrected chi connectivity index (χ2v) is 5.46. The lowest BCUT2D eigenvalue weighted by molar-refractivity contribution is 0.0711. The highest BCUT2D eigenvalue weighted by Crippen LogP contribution is 2.35. The first kappa shape index (κ1) is 11.8. The van der Waals surface area contributed by atoms with Gasteiger partial charge in [0.15, 0.2) is 0 Å². The van der Waals surface area contributed by atoms with Crippen molar-refractivity contribution in [2.24, 2.45) is 11.8 Å². The molecule has 3 unspecified atom stereocenters. The van der Waals surface area contributed by atoms with Crippen LogP contribution in [0.5, 0.6) is 0 Å². The summed E-state index contributed by atoms with van der Waals surface area (Å²) >= 11 is 0. The van der Waals surface area contributed by atoms with Crippen LogP contribution in [0, 0.1) is 18.8 Å². The first-order valence-electron chi connectivity index (χ1n) is 6.77. The van der Waals surface area contributed by atoms with Gasteiger partial charge >= 0.3 is 0 Å². The fraction of sp³-hybridized carbons (Fsp3) is 0.643. The molecule has 4 nitrogen and oxygen atoms in total. The second-order valence-electron chi connectivity index (χ2n) is 5.46. The van der Waals surface area contributed by atoms with Gasteiger partial charge in [0.2, 0.25) is 0 Å². The Bertz CT molecular complexity index is 454. The Morgan fingerprint density at radius 3 is 3.06 bits per heavy atom. The molecule has 3 atom stereocenters. The number of nitrogens with one attached hydrogen (secondary N) is 1. The molecule has 0 radical (unpaired) electrons. The molecule has 18 heavy (non-hydrogen) atoms. The van der Waals surface area contributed by atoms with E-state index >= 15 is 0 Å². The van der Waals surface area contributed by atoms with Crippen LogP contribution in [0.15, 0.2) is 16.7 Å². The van der Waals surface area contributed by atoms with Crippen molar-refractivity contribution in [1.82, 2.24) is 10.2 Å². The summed E-state index contributed by atoms with van der Waals surface area (Å²) in [5, 5.41) is 3.44. The van der Waals surface area contributed by atoms with E-state index in [1.54, 1.807) is 6.26 Å². The van der Waals surface area contributed by atoms with E-state index in [0.29, 0.717) is 23.4 Å². The topological polar surface area (TPSA) is 45.5 Å². The third kappa shape index (κ3) is 1.75. The molecule has 3 rings (SSSR count). The zero-order valence-electron chi connectivity index (χ0n) is 11.0. The molecule has 0 aromatic carbocycles. The zero-order chi connectivity index (χ0) is 12.7. The molecule has 2 saturated heterocycles. The lowest BCUT2D eigenvalue weighted by atomic mass is 9.93. The Labute approximate surface area is 107 Å². The van der Waals surface area contributed by atoms with Crippen molar-refractivity contribution in [2.45, 2.75) is 26.3 Å². The number of carbonyl (C=O) groups is 1. The summed E-state index contributed by atoms with van der Waals surface area (Å²) in [5.41, 5.74) is 0.693. The molecule has 1 aromatic heterocycles. The lowest BCUT2D eigenvalue weighted by Crippen LogP contribution is -2.39. The van der Waals surface area contributed by atoms with E-state index in [2.05, 4.69) is 17.1 Å². The molecule has 1 N–H and O–H groups in total. The number of rotatable bonds is 2. The largest absolute Gasteiger partial charge is 0.469 e. The molecule has 4 heteroatoms. The molecule has 2 fully saturated rings. The smallest absolute Gasteiger partial charge is 0.257 e. The quantitative estimate of drug-likeness (QED) is 0.865. The number of aryl methyl sites for hydroxylation is 1. The van der Waals surface area contributed by atoms with Crippen molar-refractivity contribution in [3.8, 4) is 0 Å². The molecule has 0 saturated carbocycles. The number of nitrogens with zero attached hydrogens (tertiary/aromatic N) is 1. The summed E-state index contributed by atoms with van der Waals surface area (Å²) in [6.07, 6.45) is 2.61. The highest BCUT2D eigenvalue weighted by atomic mass is 16.3. The van der Waals surface area contributed by atoms with Crippen molar-refractivity contribution >= 4 is 5.91 Å². The predicted octanol–water partition coefficient (Wildman–Crippen LogP) is 1.66. The van der Waals surface area contributed by atoms with Crippen LogP contribution in [0.3, 0.4) is 0 Å². The Morgan fingerprint density at radius 1 is 1.56 bits per heavy atom. The maximum absolute atomic E-state index is 12.5. The van der Waals surface area contributed by atoms with Crippen LogP contribution >= 0.6 is 0 Å². The van der Waals surface area contributed by atoms with Gasteiger partial charge in [-0.1, -0.05) is 6.92 Å². The number of fused-ring (bicyclic) bond motifs is 1. The van der Waals surface area contributed by atoms with Gasteiger partial charge in [0.25, 0.3) is 5.91 Å². The minimum absolute atomic E-state index is 0.133. The summed E-state index contributed by atoms with van der Waals surface area (Å²) in [6, 6.07) is 2.22. The first-order chi connectivity index (χ1) is 8.70. The van der Waals surface area contributed by atoms with Crippen molar-refractivity contribution in [3.63, 3.8) is 0 Å². The van der Waals surface area contributed by atoms with Gasteiger partial charge in [0.1, 0.15) is 12.0 Å². The van der Waals surface area contributed by atoms with E-state index in [4.69, 9.17) is 4.42 Å². The predicted molar refractivity (Wildman–Crippen MR) is 68.4 cm³/mol. The Morgan fingerprint density at radius 2 is 2.39 bits per heavy atom. The Hall–Kier alpha value is -1.29. The third-order valence-corrected chi connectivity index (χ3v) is 4.37. The molecule has 2 aliphatic heterocycles. The van der Waals surface area contributed by atoms with Crippen molar-refractivity contribution in [1.29, 1.82) is 0 Å². The standard InChI is InChI=1S/C14H20N2O2/c1-3-13-12-6-15-5-11(12)7-16(13)14(17)10-4-9(2)18-8-10/h4,8,11-13,15H,3,5-7H2,1-2H3. The van der Waals surface area contributed by atoms with E-state index in [1.807, 2.05) is 13.0 Å². The van der Waals surface area contributed by atoms with Gasteiger partial charge in [-0.15, -0.1) is 0 Å². The van der Waals surface area contributed by atoms with Crippen LogP contribution in [0.4, 0.5) is 0 Å². The van der Waals surface area contributed by atoms with E-state index in [1.165, 1.54) is 0 Å². The summed E-state index contributed by atoms with van der Waals surface area (Å²) in [7, 11) is 0. The summed E-state index contributed by atoms with van der Waals surface area (Å²) in [4.78, 5) is 14.6. The van der Waals surface area contributed by atoms with Crippen LogP contribution < -0.4 is 5.32 Å². The van der Waals surface area contributed by atoms with Crippen molar-refractivity contribution in [2.75, 3.05) is 19.6 Å². The fourth-order valence-corrected chi connectivity index (χ4v) is 3.50. The molecule has 1 amide bonds. The third-order valence-electron chi connectivity index (χ3n) is 4.37. The van der Waals surface area contributed by atoms with Gasteiger partial charge in [-0.25, -0.2) is 0 Å². The van der Waals surface area contributed by atoms with Crippen LogP contribution in [-0.4, -0.2) is 36.5 Å². The fourth-order valence-electron chi connectivity index (χ4n) is 3.50. The van der Waals surface area contributed by atoms with E-state index in [9.17, 15) is 4.79 Å². The number of hydrogen-bond donors (Lipinski definition) is 1. The van der Waals surface area contributed by atoms with Crippen LogP contribution in [0.2, 0.25) is 0 Å². The minimum atomic E-state index is 0.133. The zero-order valence-corrected chi connectivity index (χ0v) is 11.0. The summed E-state index contributed by atoms with van der Waals surface area (Å²) in [6.45, 7) is 7.04. The van der Waals surface area contributed by atoms with Crippen LogP contribution in [0.1, 0.15) is 29.5 Å². The van der Waals surface area contributed by atoms with Crippen LogP contribution in [0.25, 0.3) is 0 Å². The Balaban J connectivity index is 1.81. The molecule has 98 valence electrons. The number of furan rings is 1. The first-order valence-corrected chi connectivity index (χ1v) is 6.77. The average Bonchev–Trinajstić information content (AvgIpc) is 3.01. The molecule has 0 spiro atoms. The molecule has 2 aliphatic rings. The van der Waals surface area contributed by atoms with Crippen molar-refractivity contribution < 1.29 is 9.21 Å². The summed E-state index contributed by atoms with van der Waals surface area (Å²) in [5.74, 6) is 2.19. The van der Waals surface area contributed by atoms with Crippen molar-refractivity contribution in [3.05, 3.63) is 23.7 Å². The lowest BCUT2D eigenvalue weighted by Gasteiger charge is -2.26. The maximum atomic E-state index is 12.5. The number of hydrogen-bond acceptors (Lipinski definition) is 3. The van der Waals surface area contributed by atoms with Crippen LogP contribution in [-0.2, 0) is 0 Å². The molecule has 3 heterocycles. The number of likely N-dealkylation sites (tertiary alicyclic amines) is 1. The monoisotopic (exact) mass is 248 g/mol. The molecule has 0 bridgehead atoms. The van der Waals surface area contributed by atoms with E-state index in [-0.39, 0.29) is 5.91 Å². The Kier molecular flexibility index (Phi) is 2.90. The van der Waals surface area contributed by atoms with E-state index < -0.39 is 0 Å². The molecular formula is C14H20N2O2. The van der Waals surface area contributed by atoms with Gasteiger partial charge < -0.3 is 14.6 Å². The average molecular weight is 248 g/mol. The minimum Gasteiger partial charge on any atom is -0.469 e. The highest BCUT2D eigenvalue weighted by molar-refractivity contribution is 5.94. The molecule has 1 aromatic rings. The van der Waals surface area contributed by atoms with E-state index in [0.717, 1.165) is 31.8 Å². The maximum Gasteiger partial charge on any atom is 0.257 e. The van der Waals surface area contributed by atoms with Gasteiger partial charge in [-0.2, -0.15) is 0 Å². The number of carbonyl (C=O) groups excluding carboxylic acids is 1. The molecular weight excluding hydrogens is 228 g/mol. The normalized spacial score (nSPS) is 30.8.